The Morgan fingerprint density at radius 3 is 2.40 bits per heavy atom. The number of fused-ring (bicyclic) bond motifs is 1. The number of aromatic nitrogens is 1. The van der Waals surface area contributed by atoms with Crippen LogP contribution in [0.4, 0.5) is 13.2 Å². The molecule has 4 rings (SSSR count). The van der Waals surface area contributed by atoms with Crippen molar-refractivity contribution in [1.82, 2.24) is 14.6 Å². The summed E-state index contributed by atoms with van der Waals surface area (Å²) in [6, 6.07) is 5.87. The summed E-state index contributed by atoms with van der Waals surface area (Å²) in [6.45, 7) is 2.28. The number of nitrogens with one attached hydrogen (secondary N) is 1. The number of thiazole rings is 1. The number of sulfonamides is 1. The normalized spacial score (nSPS) is 15.1. The van der Waals surface area contributed by atoms with Crippen molar-refractivity contribution < 1.29 is 36.6 Å². The van der Waals surface area contributed by atoms with Crippen molar-refractivity contribution in [3.05, 3.63) is 46.6 Å². The number of rotatable bonds is 13. The molecule has 3 N–H and O–H groups in total. The van der Waals surface area contributed by atoms with Crippen molar-refractivity contribution >= 4 is 38.0 Å². The van der Waals surface area contributed by atoms with Crippen molar-refractivity contribution in [2.45, 2.75) is 69.5 Å². The maximum absolute atomic E-state index is 13.3. The van der Waals surface area contributed by atoms with Gasteiger partial charge in [-0.2, -0.15) is 17.9 Å². The van der Waals surface area contributed by atoms with Crippen LogP contribution in [0, 0.1) is 5.92 Å². The minimum Gasteiger partial charge on any atom is -0.395 e. The number of alkyl halides is 3. The van der Waals surface area contributed by atoms with Gasteiger partial charge in [-0.25, -0.2) is 13.4 Å². The van der Waals surface area contributed by atoms with Crippen LogP contribution < -0.4 is 4.72 Å². The standard InChI is InChI=1S/C29H36F3N3O5S2/c1-3-5-19-8-9-21-23(16-19)22(10-11-25(21)42(39,40)34-18(2)29(30,31)32)26-24(17-20-6-4-7-20)33-27(41-26)28(38)35(12-14-36)13-15-37/h8-11,16,18,20,34,36-37H,3-7,12-15,17H2,1-2H3. The molecule has 1 saturated carbocycles. The highest BCUT2D eigenvalue weighted by Gasteiger charge is 2.39. The topological polar surface area (TPSA) is 120 Å². The third kappa shape index (κ3) is 7.13. The van der Waals surface area contributed by atoms with Gasteiger partial charge in [-0.05, 0) is 42.7 Å². The lowest BCUT2D eigenvalue weighted by Crippen LogP contribution is -2.43. The van der Waals surface area contributed by atoms with E-state index in [-0.39, 0.29) is 41.6 Å². The molecule has 2 aromatic carbocycles. The van der Waals surface area contributed by atoms with Crippen LogP contribution in [0.2, 0.25) is 0 Å². The third-order valence-electron chi connectivity index (χ3n) is 7.55. The number of carbonyl (C=O) groups is 1. The Hall–Kier alpha value is -2.58. The molecule has 1 aliphatic rings. The number of aliphatic hydroxyl groups excluding tert-OH is 2. The van der Waals surface area contributed by atoms with Crippen LogP contribution >= 0.6 is 11.3 Å². The summed E-state index contributed by atoms with van der Waals surface area (Å²) in [5, 5.41) is 19.9. The SMILES string of the molecule is CCCc1ccc2c(S(=O)(=O)NC(C)C(F)(F)F)ccc(-c3sc(C(=O)N(CCO)CCO)nc3CC3CCC3)c2c1. The van der Waals surface area contributed by atoms with E-state index in [0.717, 1.165) is 49.5 Å². The zero-order valence-corrected chi connectivity index (χ0v) is 25.2. The fourth-order valence-electron chi connectivity index (χ4n) is 5.06. The lowest BCUT2D eigenvalue weighted by molar-refractivity contribution is -0.147. The first-order chi connectivity index (χ1) is 19.9. The van der Waals surface area contributed by atoms with Gasteiger partial charge in [0.15, 0.2) is 5.01 Å². The Bertz CT molecular complexity index is 1510. The molecule has 8 nitrogen and oxygen atoms in total. The fraction of sp³-hybridized carbons (Fsp3) is 0.517. The number of hydrogen-bond acceptors (Lipinski definition) is 7. The molecule has 0 saturated heterocycles. The molecule has 3 aromatic rings. The number of benzene rings is 2. The van der Waals surface area contributed by atoms with Crippen molar-refractivity contribution in [1.29, 1.82) is 0 Å². The second-order valence-electron chi connectivity index (χ2n) is 10.7. The third-order valence-corrected chi connectivity index (χ3v) is 10.3. The molecule has 1 fully saturated rings. The maximum Gasteiger partial charge on any atom is 0.404 e. The number of halogens is 3. The first-order valence-electron chi connectivity index (χ1n) is 14.0. The van der Waals surface area contributed by atoms with E-state index in [1.165, 1.54) is 11.0 Å². The van der Waals surface area contributed by atoms with Gasteiger partial charge in [-0.1, -0.05) is 56.9 Å². The maximum atomic E-state index is 13.3. The van der Waals surface area contributed by atoms with E-state index in [9.17, 15) is 36.6 Å². The molecule has 1 aromatic heterocycles. The molecule has 1 amide bonds. The Morgan fingerprint density at radius 2 is 1.83 bits per heavy atom. The molecule has 1 heterocycles. The molecule has 0 spiro atoms. The van der Waals surface area contributed by atoms with Gasteiger partial charge in [0, 0.05) is 24.0 Å². The van der Waals surface area contributed by atoms with Crippen molar-refractivity contribution in [2.24, 2.45) is 5.92 Å². The number of amides is 1. The highest BCUT2D eigenvalue weighted by molar-refractivity contribution is 7.89. The molecule has 0 bridgehead atoms. The second-order valence-corrected chi connectivity index (χ2v) is 13.3. The van der Waals surface area contributed by atoms with Crippen LogP contribution in [0.15, 0.2) is 35.2 Å². The van der Waals surface area contributed by atoms with Crippen LogP contribution in [0.1, 0.15) is 60.6 Å². The summed E-state index contributed by atoms with van der Waals surface area (Å²) < 4.78 is 67.9. The average Bonchev–Trinajstić information content (AvgIpc) is 3.32. The summed E-state index contributed by atoms with van der Waals surface area (Å²) in [5.41, 5.74) is 2.28. The van der Waals surface area contributed by atoms with E-state index in [0.29, 0.717) is 40.3 Å². The van der Waals surface area contributed by atoms with Gasteiger partial charge >= 0.3 is 6.18 Å². The van der Waals surface area contributed by atoms with Crippen LogP contribution in [0.5, 0.6) is 0 Å². The number of nitrogens with zero attached hydrogens (tertiary/aromatic N) is 2. The summed E-state index contributed by atoms with van der Waals surface area (Å²) in [5.74, 6) is -0.0286. The van der Waals surface area contributed by atoms with Crippen LogP contribution in [0.25, 0.3) is 21.2 Å². The Morgan fingerprint density at radius 1 is 1.14 bits per heavy atom. The molecule has 0 aliphatic heterocycles. The van der Waals surface area contributed by atoms with Gasteiger partial charge < -0.3 is 15.1 Å². The number of hydrogen-bond donors (Lipinski definition) is 3. The van der Waals surface area contributed by atoms with Gasteiger partial charge in [0.25, 0.3) is 5.91 Å². The Labute approximate surface area is 247 Å². The second kappa shape index (κ2) is 13.4. The average molecular weight is 628 g/mol. The van der Waals surface area contributed by atoms with Crippen LogP contribution in [-0.4, -0.2) is 72.9 Å². The zero-order chi connectivity index (χ0) is 30.7. The lowest BCUT2D eigenvalue weighted by Gasteiger charge is -2.25. The minimum atomic E-state index is -4.75. The molecule has 1 atom stereocenters. The predicted molar refractivity (Wildman–Crippen MR) is 156 cm³/mol. The summed E-state index contributed by atoms with van der Waals surface area (Å²) in [7, 11) is -4.54. The fourth-order valence-corrected chi connectivity index (χ4v) is 7.60. The van der Waals surface area contributed by atoms with Gasteiger partial charge in [0.1, 0.15) is 6.04 Å². The highest BCUT2D eigenvalue weighted by atomic mass is 32.2. The Balaban J connectivity index is 1.88. The monoisotopic (exact) mass is 627 g/mol. The van der Waals surface area contributed by atoms with E-state index in [2.05, 4.69) is 0 Å². The summed E-state index contributed by atoms with van der Waals surface area (Å²) in [6.07, 6.45) is 0.594. The molecule has 230 valence electrons. The van der Waals surface area contributed by atoms with Gasteiger partial charge in [0.2, 0.25) is 10.0 Å². The lowest BCUT2D eigenvalue weighted by atomic mass is 9.81. The van der Waals surface area contributed by atoms with E-state index in [1.54, 1.807) is 22.9 Å². The first kappa shape index (κ1) is 32.3. The molecule has 42 heavy (non-hydrogen) atoms. The van der Waals surface area contributed by atoms with Crippen molar-refractivity contribution in [2.75, 3.05) is 26.3 Å². The van der Waals surface area contributed by atoms with Crippen LogP contribution in [0.3, 0.4) is 0 Å². The number of carbonyl (C=O) groups excluding carboxylic acids is 1. The minimum absolute atomic E-state index is 0.0332. The van der Waals surface area contributed by atoms with E-state index in [4.69, 9.17) is 4.98 Å². The zero-order valence-electron chi connectivity index (χ0n) is 23.6. The first-order valence-corrected chi connectivity index (χ1v) is 16.3. The Kier molecular flexibility index (Phi) is 10.3. The van der Waals surface area contributed by atoms with E-state index in [1.807, 2.05) is 13.0 Å². The molecule has 1 aliphatic carbocycles. The van der Waals surface area contributed by atoms with E-state index < -0.39 is 28.1 Å². The van der Waals surface area contributed by atoms with Gasteiger partial charge in [-0.15, -0.1) is 11.3 Å². The smallest absolute Gasteiger partial charge is 0.395 e. The summed E-state index contributed by atoms with van der Waals surface area (Å²) >= 11 is 1.16. The molecule has 0 radical (unpaired) electrons. The van der Waals surface area contributed by atoms with Crippen molar-refractivity contribution in [3.8, 4) is 10.4 Å². The van der Waals surface area contributed by atoms with E-state index >= 15 is 0 Å². The predicted octanol–water partition coefficient (Wildman–Crippen LogP) is 4.91. The molecule has 13 heteroatoms. The molecule has 1 unspecified atom stereocenters. The number of aliphatic hydroxyl groups is 2. The molecular weight excluding hydrogens is 591 g/mol. The molecular formula is C29H36F3N3O5S2. The highest BCUT2D eigenvalue weighted by Crippen LogP contribution is 2.41. The summed E-state index contributed by atoms with van der Waals surface area (Å²) in [4.78, 5) is 19.8. The number of aryl methyl sites for hydroxylation is 1. The van der Waals surface area contributed by atoms with Crippen molar-refractivity contribution in [3.63, 3.8) is 0 Å². The van der Waals surface area contributed by atoms with Gasteiger partial charge in [-0.3, -0.25) is 4.79 Å². The van der Waals surface area contributed by atoms with Gasteiger partial charge in [0.05, 0.1) is 28.7 Å². The van der Waals surface area contributed by atoms with Crippen LogP contribution in [-0.2, 0) is 22.9 Å². The largest absolute Gasteiger partial charge is 0.404 e. The quantitative estimate of drug-likeness (QED) is 0.248.